The Morgan fingerprint density at radius 2 is 2.14 bits per heavy atom. The summed E-state index contributed by atoms with van der Waals surface area (Å²) in [7, 11) is 0. The van der Waals surface area contributed by atoms with E-state index < -0.39 is 5.54 Å². The van der Waals surface area contributed by atoms with Gasteiger partial charge in [-0.15, -0.1) is 0 Å². The van der Waals surface area contributed by atoms with Gasteiger partial charge in [0.25, 0.3) is 0 Å². The Hall–Kier alpha value is -1.76. The lowest BCUT2D eigenvalue weighted by Gasteiger charge is -2.33. The van der Waals surface area contributed by atoms with Crippen molar-refractivity contribution in [1.82, 2.24) is 10.2 Å². The lowest BCUT2D eigenvalue weighted by atomic mass is 9.87. The Morgan fingerprint density at radius 3 is 2.71 bits per heavy atom. The summed E-state index contributed by atoms with van der Waals surface area (Å²) in [6.45, 7) is 4.42. The molecule has 2 rings (SSSR count). The number of nitriles is 1. The summed E-state index contributed by atoms with van der Waals surface area (Å²) < 4.78 is 0. The van der Waals surface area contributed by atoms with Crippen LogP contribution in [0.1, 0.15) is 52.4 Å². The third-order valence-electron chi connectivity index (χ3n) is 4.42. The molecular formula is C17H25N3O. The van der Waals surface area contributed by atoms with Gasteiger partial charge in [-0.25, -0.2) is 0 Å². The second-order valence-electron chi connectivity index (χ2n) is 6.55. The summed E-state index contributed by atoms with van der Waals surface area (Å²) in [4.78, 5) is 14.0. The first kappa shape index (κ1) is 15.6. The lowest BCUT2D eigenvalue weighted by molar-refractivity contribution is -0.121. The SMILES string of the molecule is CC(C)(C#N)N1C=CC(NC(=O)CC2CCCCC2)=CC1. The van der Waals surface area contributed by atoms with Crippen molar-refractivity contribution in [2.45, 2.75) is 57.9 Å². The highest BCUT2D eigenvalue weighted by atomic mass is 16.1. The van der Waals surface area contributed by atoms with Gasteiger partial charge < -0.3 is 10.2 Å². The molecule has 21 heavy (non-hydrogen) atoms. The molecule has 4 nitrogen and oxygen atoms in total. The third kappa shape index (κ3) is 4.35. The first-order valence-corrected chi connectivity index (χ1v) is 7.87. The highest BCUT2D eigenvalue weighted by Gasteiger charge is 2.24. The Balaban J connectivity index is 1.81. The zero-order chi connectivity index (χ0) is 15.3. The summed E-state index contributed by atoms with van der Waals surface area (Å²) in [6.07, 6.45) is 12.6. The number of rotatable bonds is 4. The van der Waals surface area contributed by atoms with Crippen molar-refractivity contribution in [2.24, 2.45) is 5.92 Å². The number of carbonyl (C=O) groups excluding carboxylic acids is 1. The van der Waals surface area contributed by atoms with Crippen LogP contribution in [0, 0.1) is 17.2 Å². The van der Waals surface area contributed by atoms with Crippen LogP contribution in [0.25, 0.3) is 0 Å². The van der Waals surface area contributed by atoms with Gasteiger partial charge in [-0.1, -0.05) is 19.3 Å². The Labute approximate surface area is 127 Å². The molecule has 0 unspecified atom stereocenters. The molecule has 2 aliphatic rings. The zero-order valence-electron chi connectivity index (χ0n) is 13.1. The van der Waals surface area contributed by atoms with Crippen LogP contribution in [0.15, 0.2) is 24.0 Å². The van der Waals surface area contributed by atoms with Crippen LogP contribution in [-0.2, 0) is 4.79 Å². The van der Waals surface area contributed by atoms with Crippen molar-refractivity contribution < 1.29 is 4.79 Å². The molecule has 0 radical (unpaired) electrons. The Bertz CT molecular complexity index is 479. The fraction of sp³-hybridized carbons (Fsp3) is 0.647. The van der Waals surface area contributed by atoms with Crippen molar-refractivity contribution in [2.75, 3.05) is 6.54 Å². The van der Waals surface area contributed by atoms with Gasteiger partial charge in [-0.2, -0.15) is 5.26 Å². The summed E-state index contributed by atoms with van der Waals surface area (Å²) >= 11 is 0. The average Bonchev–Trinajstić information content (AvgIpc) is 2.48. The molecule has 1 aliphatic carbocycles. The number of hydrogen-bond donors (Lipinski definition) is 1. The second kappa shape index (κ2) is 6.80. The van der Waals surface area contributed by atoms with E-state index in [-0.39, 0.29) is 5.91 Å². The smallest absolute Gasteiger partial charge is 0.224 e. The molecular weight excluding hydrogens is 262 g/mol. The van der Waals surface area contributed by atoms with E-state index in [1.54, 1.807) is 0 Å². The molecule has 0 atom stereocenters. The minimum Gasteiger partial charge on any atom is -0.356 e. The van der Waals surface area contributed by atoms with Crippen LogP contribution >= 0.6 is 0 Å². The highest BCUT2D eigenvalue weighted by Crippen LogP contribution is 2.26. The van der Waals surface area contributed by atoms with E-state index in [0.717, 1.165) is 5.70 Å². The van der Waals surface area contributed by atoms with Crippen molar-refractivity contribution in [3.05, 3.63) is 24.0 Å². The van der Waals surface area contributed by atoms with E-state index in [9.17, 15) is 4.79 Å². The van der Waals surface area contributed by atoms with Gasteiger partial charge in [0.15, 0.2) is 0 Å². The van der Waals surface area contributed by atoms with Crippen LogP contribution in [0.2, 0.25) is 0 Å². The number of nitrogens with one attached hydrogen (secondary N) is 1. The first-order valence-electron chi connectivity index (χ1n) is 7.87. The minimum absolute atomic E-state index is 0.116. The standard InChI is InChI=1S/C17H25N3O/c1-17(2,13-18)20-10-8-15(9-11-20)19-16(21)12-14-6-4-3-5-7-14/h8-10,14H,3-7,11-12H2,1-2H3,(H,19,21). The van der Waals surface area contributed by atoms with Crippen molar-refractivity contribution in [3.8, 4) is 6.07 Å². The van der Waals surface area contributed by atoms with Gasteiger partial charge in [0.1, 0.15) is 5.54 Å². The van der Waals surface area contributed by atoms with E-state index in [1.165, 1.54) is 32.1 Å². The molecule has 1 saturated carbocycles. The molecule has 4 heteroatoms. The van der Waals surface area contributed by atoms with Gasteiger partial charge in [-0.05, 0) is 44.8 Å². The van der Waals surface area contributed by atoms with E-state index in [2.05, 4.69) is 11.4 Å². The molecule has 114 valence electrons. The molecule has 1 N–H and O–H groups in total. The zero-order valence-corrected chi connectivity index (χ0v) is 13.1. The number of nitrogens with zero attached hydrogens (tertiary/aromatic N) is 2. The maximum Gasteiger partial charge on any atom is 0.224 e. The highest BCUT2D eigenvalue weighted by molar-refractivity contribution is 5.78. The topological polar surface area (TPSA) is 56.1 Å². The van der Waals surface area contributed by atoms with Crippen molar-refractivity contribution in [3.63, 3.8) is 0 Å². The minimum atomic E-state index is -0.523. The summed E-state index contributed by atoms with van der Waals surface area (Å²) in [5.41, 5.74) is 0.325. The van der Waals surface area contributed by atoms with Crippen LogP contribution in [-0.4, -0.2) is 22.9 Å². The third-order valence-corrected chi connectivity index (χ3v) is 4.42. The van der Waals surface area contributed by atoms with Gasteiger partial charge >= 0.3 is 0 Å². The van der Waals surface area contributed by atoms with Crippen LogP contribution in [0.4, 0.5) is 0 Å². The molecule has 0 spiro atoms. The van der Waals surface area contributed by atoms with Crippen LogP contribution in [0.3, 0.4) is 0 Å². The molecule has 1 aliphatic heterocycles. The molecule has 0 aromatic rings. The predicted octanol–water partition coefficient (Wildman–Crippen LogP) is 3.09. The molecule has 0 aromatic carbocycles. The predicted molar refractivity (Wildman–Crippen MR) is 83.0 cm³/mol. The van der Waals surface area contributed by atoms with Gasteiger partial charge in [0, 0.05) is 24.9 Å². The molecule has 0 saturated heterocycles. The molecule has 1 heterocycles. The molecule has 0 bridgehead atoms. The Morgan fingerprint density at radius 1 is 1.43 bits per heavy atom. The second-order valence-corrected chi connectivity index (χ2v) is 6.55. The number of amides is 1. The number of hydrogen-bond acceptors (Lipinski definition) is 3. The van der Waals surface area contributed by atoms with Crippen molar-refractivity contribution >= 4 is 5.91 Å². The van der Waals surface area contributed by atoms with E-state index in [0.29, 0.717) is 18.9 Å². The van der Waals surface area contributed by atoms with E-state index in [1.807, 2.05) is 37.1 Å². The van der Waals surface area contributed by atoms with E-state index >= 15 is 0 Å². The van der Waals surface area contributed by atoms with Gasteiger partial charge in [0.05, 0.1) is 6.07 Å². The monoisotopic (exact) mass is 287 g/mol. The lowest BCUT2D eigenvalue weighted by Crippen LogP contribution is -2.40. The quantitative estimate of drug-likeness (QED) is 0.864. The largest absolute Gasteiger partial charge is 0.356 e. The molecule has 0 aromatic heterocycles. The fourth-order valence-electron chi connectivity index (χ4n) is 2.93. The average molecular weight is 287 g/mol. The maximum absolute atomic E-state index is 12.1. The van der Waals surface area contributed by atoms with E-state index in [4.69, 9.17) is 5.26 Å². The Kier molecular flexibility index (Phi) is 5.06. The number of allylic oxidation sites excluding steroid dienone is 1. The van der Waals surface area contributed by atoms with Gasteiger partial charge in [-0.3, -0.25) is 4.79 Å². The summed E-state index contributed by atoms with van der Waals surface area (Å²) in [5.74, 6) is 0.673. The number of carbonyl (C=O) groups is 1. The summed E-state index contributed by atoms with van der Waals surface area (Å²) in [6, 6.07) is 2.28. The molecule has 1 amide bonds. The maximum atomic E-state index is 12.1. The van der Waals surface area contributed by atoms with Crippen molar-refractivity contribution in [1.29, 1.82) is 5.26 Å². The molecule has 1 fully saturated rings. The van der Waals surface area contributed by atoms with Gasteiger partial charge in [0.2, 0.25) is 5.91 Å². The normalized spacial score (nSPS) is 19.9. The fourth-order valence-corrected chi connectivity index (χ4v) is 2.93. The van der Waals surface area contributed by atoms with Crippen LogP contribution in [0.5, 0.6) is 0 Å². The first-order chi connectivity index (χ1) is 10.0. The summed E-state index contributed by atoms with van der Waals surface area (Å²) in [5, 5.41) is 12.1. The van der Waals surface area contributed by atoms with Crippen LogP contribution < -0.4 is 5.32 Å².